The molecule has 0 saturated heterocycles. The fraction of sp³-hybridized carbons (Fsp3) is 0.387. The number of methoxy groups -OCH3 is 1. The molecule has 1 saturated carbocycles. The minimum atomic E-state index is -2.68. The molecule has 0 amide bonds. The minimum Gasteiger partial charge on any atom is -0.489 e. The summed E-state index contributed by atoms with van der Waals surface area (Å²) in [5.41, 5.74) is 2.90. The summed E-state index contributed by atoms with van der Waals surface area (Å²) in [5, 5.41) is 10.3. The van der Waals surface area contributed by atoms with Crippen LogP contribution in [0.1, 0.15) is 80.2 Å². The number of halogens is 3. The van der Waals surface area contributed by atoms with Crippen molar-refractivity contribution in [2.75, 3.05) is 7.11 Å². The molecule has 0 radical (unpaired) electrons. The number of rotatable bonds is 9. The summed E-state index contributed by atoms with van der Waals surface area (Å²) >= 11 is 0. The molecule has 0 aromatic heterocycles. The summed E-state index contributed by atoms with van der Waals surface area (Å²) in [6.45, 7) is 4.60. The lowest BCUT2D eigenvalue weighted by Gasteiger charge is -2.30. The van der Waals surface area contributed by atoms with Crippen molar-refractivity contribution in [1.29, 1.82) is 0 Å². The van der Waals surface area contributed by atoms with Crippen molar-refractivity contribution in [2.24, 2.45) is 5.41 Å². The van der Waals surface area contributed by atoms with Crippen LogP contribution in [0.4, 0.5) is 13.2 Å². The number of alkyl halides is 2. The largest absolute Gasteiger partial charge is 0.489 e. The van der Waals surface area contributed by atoms with Gasteiger partial charge in [-0.05, 0) is 70.7 Å². The SMILES string of the molecule is COC(=O)C[C@@H](O)c1cccc(OCc2ccc(-c3cc(C(F)F)ccc3F)c([C@@H]3CCCC3(C)C)c2)c1. The van der Waals surface area contributed by atoms with E-state index in [1.54, 1.807) is 30.3 Å². The first-order valence-electron chi connectivity index (χ1n) is 12.8. The molecule has 202 valence electrons. The zero-order chi connectivity index (χ0) is 27.4. The third-order valence-electron chi connectivity index (χ3n) is 7.52. The Kier molecular flexibility index (Phi) is 8.46. The molecule has 1 fully saturated rings. The highest BCUT2D eigenvalue weighted by molar-refractivity contribution is 5.71. The summed E-state index contributed by atoms with van der Waals surface area (Å²) in [5.74, 6) is -0.377. The number of carbonyl (C=O) groups is 1. The van der Waals surface area contributed by atoms with Gasteiger partial charge in [0.15, 0.2) is 0 Å². The van der Waals surface area contributed by atoms with Gasteiger partial charge in [0.25, 0.3) is 6.43 Å². The first kappa shape index (κ1) is 27.7. The van der Waals surface area contributed by atoms with E-state index in [4.69, 9.17) is 4.74 Å². The fourth-order valence-corrected chi connectivity index (χ4v) is 5.36. The Morgan fingerprint density at radius 2 is 1.84 bits per heavy atom. The summed E-state index contributed by atoms with van der Waals surface area (Å²) in [6, 6.07) is 16.0. The molecule has 2 atom stereocenters. The molecule has 3 aromatic rings. The number of aliphatic hydroxyl groups excluding tert-OH is 1. The van der Waals surface area contributed by atoms with E-state index in [9.17, 15) is 23.1 Å². The first-order chi connectivity index (χ1) is 18.1. The maximum absolute atomic E-state index is 14.9. The van der Waals surface area contributed by atoms with E-state index >= 15 is 0 Å². The second kappa shape index (κ2) is 11.6. The second-order valence-corrected chi connectivity index (χ2v) is 10.6. The van der Waals surface area contributed by atoms with Crippen molar-refractivity contribution in [3.8, 4) is 16.9 Å². The Morgan fingerprint density at radius 3 is 2.53 bits per heavy atom. The molecular formula is C31H33F3O4. The molecule has 3 aromatic carbocycles. The number of benzene rings is 3. The van der Waals surface area contributed by atoms with Crippen LogP contribution >= 0.6 is 0 Å². The highest BCUT2D eigenvalue weighted by Gasteiger charge is 2.37. The Morgan fingerprint density at radius 1 is 1.05 bits per heavy atom. The van der Waals surface area contributed by atoms with Crippen LogP contribution in [-0.2, 0) is 16.1 Å². The Labute approximate surface area is 221 Å². The minimum absolute atomic E-state index is 0.0187. The van der Waals surface area contributed by atoms with E-state index in [1.165, 1.54) is 13.2 Å². The van der Waals surface area contributed by atoms with Crippen molar-refractivity contribution >= 4 is 5.97 Å². The number of ether oxygens (including phenoxy) is 2. The molecule has 38 heavy (non-hydrogen) atoms. The van der Waals surface area contributed by atoms with Crippen LogP contribution in [0.5, 0.6) is 5.75 Å². The Hall–Kier alpha value is -3.32. The number of hydrogen-bond donors (Lipinski definition) is 1. The molecular weight excluding hydrogens is 493 g/mol. The van der Waals surface area contributed by atoms with Crippen LogP contribution in [-0.4, -0.2) is 18.2 Å². The third-order valence-corrected chi connectivity index (χ3v) is 7.52. The van der Waals surface area contributed by atoms with Gasteiger partial charge in [-0.2, -0.15) is 0 Å². The molecule has 1 N–H and O–H groups in total. The smallest absolute Gasteiger partial charge is 0.308 e. The van der Waals surface area contributed by atoms with Crippen LogP contribution in [0.25, 0.3) is 11.1 Å². The van der Waals surface area contributed by atoms with Crippen LogP contribution in [0, 0.1) is 11.2 Å². The predicted octanol–water partition coefficient (Wildman–Crippen LogP) is 7.90. The molecule has 0 spiro atoms. The molecule has 0 unspecified atom stereocenters. The van der Waals surface area contributed by atoms with Crippen LogP contribution < -0.4 is 4.74 Å². The average Bonchev–Trinajstić information content (AvgIpc) is 3.26. The normalized spacial score (nSPS) is 17.4. The summed E-state index contributed by atoms with van der Waals surface area (Å²) in [7, 11) is 1.27. The molecule has 0 bridgehead atoms. The third kappa shape index (κ3) is 6.21. The lowest BCUT2D eigenvalue weighted by molar-refractivity contribution is -0.142. The quantitative estimate of drug-likeness (QED) is 0.288. The number of aliphatic hydroxyl groups is 1. The Balaban J connectivity index is 1.63. The van der Waals surface area contributed by atoms with E-state index in [0.29, 0.717) is 16.9 Å². The van der Waals surface area contributed by atoms with Gasteiger partial charge >= 0.3 is 5.97 Å². The van der Waals surface area contributed by atoms with Crippen molar-refractivity contribution in [2.45, 2.75) is 64.6 Å². The van der Waals surface area contributed by atoms with E-state index in [-0.39, 0.29) is 35.5 Å². The summed E-state index contributed by atoms with van der Waals surface area (Å²) in [4.78, 5) is 11.5. The summed E-state index contributed by atoms with van der Waals surface area (Å²) in [6.07, 6.45) is -0.863. The predicted molar refractivity (Wildman–Crippen MR) is 140 cm³/mol. The van der Waals surface area contributed by atoms with Crippen molar-refractivity contribution < 1.29 is 32.5 Å². The highest BCUT2D eigenvalue weighted by Crippen LogP contribution is 2.51. The first-order valence-corrected chi connectivity index (χ1v) is 12.8. The number of hydrogen-bond acceptors (Lipinski definition) is 4. The van der Waals surface area contributed by atoms with Gasteiger partial charge in [-0.15, -0.1) is 0 Å². The van der Waals surface area contributed by atoms with Crippen LogP contribution in [0.2, 0.25) is 0 Å². The average molecular weight is 527 g/mol. The van der Waals surface area contributed by atoms with Gasteiger partial charge in [-0.1, -0.05) is 56.7 Å². The van der Waals surface area contributed by atoms with Gasteiger partial charge in [0.1, 0.15) is 18.2 Å². The number of esters is 1. The maximum atomic E-state index is 14.9. The molecule has 1 aliphatic carbocycles. The Bertz CT molecular complexity index is 1290. The fourth-order valence-electron chi connectivity index (χ4n) is 5.36. The molecule has 4 nitrogen and oxygen atoms in total. The van der Waals surface area contributed by atoms with Gasteiger partial charge in [-0.25, -0.2) is 13.2 Å². The van der Waals surface area contributed by atoms with Crippen LogP contribution in [0.15, 0.2) is 60.7 Å². The van der Waals surface area contributed by atoms with Crippen molar-refractivity contribution in [1.82, 2.24) is 0 Å². The molecule has 4 rings (SSSR count). The van der Waals surface area contributed by atoms with E-state index in [2.05, 4.69) is 18.6 Å². The van der Waals surface area contributed by atoms with Gasteiger partial charge in [0.2, 0.25) is 0 Å². The van der Waals surface area contributed by atoms with Crippen LogP contribution in [0.3, 0.4) is 0 Å². The van der Waals surface area contributed by atoms with E-state index in [0.717, 1.165) is 42.5 Å². The molecule has 1 aliphatic rings. The zero-order valence-electron chi connectivity index (χ0n) is 21.8. The zero-order valence-corrected chi connectivity index (χ0v) is 21.8. The van der Waals surface area contributed by atoms with Gasteiger partial charge in [0, 0.05) is 11.1 Å². The van der Waals surface area contributed by atoms with Crippen molar-refractivity contribution in [3.63, 3.8) is 0 Å². The lowest BCUT2D eigenvalue weighted by Crippen LogP contribution is -2.17. The van der Waals surface area contributed by atoms with Gasteiger partial charge in [-0.3, -0.25) is 4.79 Å². The maximum Gasteiger partial charge on any atom is 0.308 e. The molecule has 7 heteroatoms. The van der Waals surface area contributed by atoms with Gasteiger partial charge < -0.3 is 14.6 Å². The molecule has 0 heterocycles. The monoisotopic (exact) mass is 526 g/mol. The summed E-state index contributed by atoms with van der Waals surface area (Å²) < 4.78 is 52.4. The molecule has 0 aliphatic heterocycles. The van der Waals surface area contributed by atoms with E-state index < -0.39 is 24.3 Å². The number of carbonyl (C=O) groups excluding carboxylic acids is 1. The topological polar surface area (TPSA) is 55.8 Å². The highest BCUT2D eigenvalue weighted by atomic mass is 19.3. The van der Waals surface area contributed by atoms with Gasteiger partial charge in [0.05, 0.1) is 19.6 Å². The van der Waals surface area contributed by atoms with Crippen molar-refractivity contribution in [3.05, 3.63) is 88.7 Å². The van der Waals surface area contributed by atoms with E-state index in [1.807, 2.05) is 12.1 Å². The second-order valence-electron chi connectivity index (χ2n) is 10.6. The standard InChI is InChI=1S/C31H33F3O4/c1-31(2)13-5-8-26(31)24-14-19(9-11-23(24)25-16-21(30(33)34)10-12-27(25)32)18-38-22-7-4-6-20(15-22)28(35)17-29(36)37-3/h4,6-7,9-12,14-16,26,28,30,35H,5,8,13,17-18H2,1-3H3/t26-,28+/m0/s1. The lowest BCUT2D eigenvalue weighted by atomic mass is 9.75.